The van der Waals surface area contributed by atoms with Crippen molar-refractivity contribution in [1.29, 1.82) is 0 Å². The Balaban J connectivity index is 1.67. The van der Waals surface area contributed by atoms with E-state index in [9.17, 15) is 14.7 Å². The number of pyridine rings is 1. The number of Topliss-reactive ketones (excluding diaryl/α,β-unsaturated/α-hetero) is 1. The Kier molecular flexibility index (Phi) is 5.25. The summed E-state index contributed by atoms with van der Waals surface area (Å²) < 4.78 is 16.6. The smallest absolute Gasteiger partial charge is 0.294 e. The topological polar surface area (TPSA) is 102 Å². The summed E-state index contributed by atoms with van der Waals surface area (Å²) in [6.07, 6.45) is 3.14. The van der Waals surface area contributed by atoms with Crippen LogP contribution in [0.1, 0.15) is 22.2 Å². The molecular weight excluding hydrogens is 436 g/mol. The van der Waals surface area contributed by atoms with Crippen molar-refractivity contribution in [1.82, 2.24) is 4.98 Å². The molecule has 2 aromatic carbocycles. The van der Waals surface area contributed by atoms with Gasteiger partial charge in [0.15, 0.2) is 22.9 Å². The summed E-state index contributed by atoms with van der Waals surface area (Å²) in [6.45, 7) is 0. The Morgan fingerprint density at radius 2 is 1.79 bits per heavy atom. The fourth-order valence-corrected chi connectivity index (χ4v) is 4.21. The number of rotatable bonds is 6. The molecular formula is C26H20N2O6. The first-order chi connectivity index (χ1) is 16.5. The third-order valence-corrected chi connectivity index (χ3v) is 5.75. The molecule has 8 nitrogen and oxygen atoms in total. The average molecular weight is 456 g/mol. The van der Waals surface area contributed by atoms with Crippen molar-refractivity contribution in [2.24, 2.45) is 0 Å². The quantitative estimate of drug-likeness (QED) is 0.422. The molecule has 1 atom stereocenters. The Bertz CT molecular complexity index is 1440. The van der Waals surface area contributed by atoms with Gasteiger partial charge in [-0.1, -0.05) is 30.3 Å². The summed E-state index contributed by atoms with van der Waals surface area (Å²) in [5.41, 5.74) is 1.24. The molecule has 2 aromatic heterocycles. The minimum absolute atomic E-state index is 0.0235. The van der Waals surface area contributed by atoms with Gasteiger partial charge in [-0.2, -0.15) is 0 Å². The predicted molar refractivity (Wildman–Crippen MR) is 124 cm³/mol. The number of aromatic nitrogens is 1. The SMILES string of the molecule is COc1ccccc1N1C(=O)C(O)=C(C(=O)c2cc3cccc(OC)c3o2)C1c1cccnc1. The van der Waals surface area contributed by atoms with Crippen LogP contribution < -0.4 is 14.4 Å². The van der Waals surface area contributed by atoms with Gasteiger partial charge in [-0.15, -0.1) is 0 Å². The number of methoxy groups -OCH3 is 2. The number of hydrogen-bond acceptors (Lipinski definition) is 7. The van der Waals surface area contributed by atoms with Gasteiger partial charge >= 0.3 is 0 Å². The number of benzene rings is 2. The maximum atomic E-state index is 13.7. The largest absolute Gasteiger partial charge is 0.503 e. The van der Waals surface area contributed by atoms with E-state index in [1.165, 1.54) is 19.1 Å². The van der Waals surface area contributed by atoms with Gasteiger partial charge in [0.25, 0.3) is 5.91 Å². The molecule has 3 heterocycles. The van der Waals surface area contributed by atoms with Crippen LogP contribution in [0.3, 0.4) is 0 Å². The molecule has 0 spiro atoms. The van der Waals surface area contributed by atoms with E-state index in [1.54, 1.807) is 73.1 Å². The normalized spacial score (nSPS) is 15.8. The number of hydrogen-bond donors (Lipinski definition) is 1. The number of aliphatic hydroxyl groups is 1. The first-order valence-electron chi connectivity index (χ1n) is 10.5. The molecule has 1 amide bonds. The molecule has 0 saturated carbocycles. The second-order valence-electron chi connectivity index (χ2n) is 7.62. The van der Waals surface area contributed by atoms with E-state index in [2.05, 4.69) is 4.98 Å². The highest BCUT2D eigenvalue weighted by atomic mass is 16.5. The van der Waals surface area contributed by atoms with Gasteiger partial charge in [0.05, 0.1) is 31.5 Å². The highest BCUT2D eigenvalue weighted by Crippen LogP contribution is 2.45. The van der Waals surface area contributed by atoms with Crippen molar-refractivity contribution in [3.8, 4) is 11.5 Å². The van der Waals surface area contributed by atoms with Gasteiger partial charge < -0.3 is 19.0 Å². The number of fused-ring (bicyclic) bond motifs is 1. The summed E-state index contributed by atoms with van der Waals surface area (Å²) in [7, 11) is 2.99. The van der Waals surface area contributed by atoms with Crippen LogP contribution in [-0.2, 0) is 4.79 Å². The van der Waals surface area contributed by atoms with Crippen LogP contribution in [-0.4, -0.2) is 36.0 Å². The molecule has 5 rings (SSSR count). The number of para-hydroxylation sites is 3. The van der Waals surface area contributed by atoms with E-state index in [1.807, 2.05) is 0 Å². The number of carbonyl (C=O) groups is 2. The van der Waals surface area contributed by atoms with E-state index in [-0.39, 0.29) is 11.3 Å². The number of nitrogens with zero attached hydrogens (tertiary/aromatic N) is 2. The molecule has 1 aliphatic rings. The number of carbonyl (C=O) groups excluding carboxylic acids is 2. The van der Waals surface area contributed by atoms with Gasteiger partial charge in [-0.05, 0) is 35.9 Å². The molecule has 1 N–H and O–H groups in total. The molecule has 1 unspecified atom stereocenters. The number of ether oxygens (including phenoxy) is 2. The Morgan fingerprint density at radius 1 is 1.03 bits per heavy atom. The van der Waals surface area contributed by atoms with Crippen LogP contribution in [0.15, 0.2) is 88.8 Å². The molecule has 34 heavy (non-hydrogen) atoms. The van der Waals surface area contributed by atoms with Crippen molar-refractivity contribution in [3.63, 3.8) is 0 Å². The van der Waals surface area contributed by atoms with Crippen LogP contribution >= 0.6 is 0 Å². The lowest BCUT2D eigenvalue weighted by Gasteiger charge is -2.27. The lowest BCUT2D eigenvalue weighted by atomic mass is 9.96. The van der Waals surface area contributed by atoms with Crippen LogP contribution in [0.25, 0.3) is 11.0 Å². The maximum absolute atomic E-state index is 13.7. The molecule has 0 aliphatic carbocycles. The maximum Gasteiger partial charge on any atom is 0.294 e. The van der Waals surface area contributed by atoms with Gasteiger partial charge in [0.2, 0.25) is 5.78 Å². The summed E-state index contributed by atoms with van der Waals surface area (Å²) >= 11 is 0. The molecule has 0 bridgehead atoms. The minimum Gasteiger partial charge on any atom is -0.503 e. The van der Waals surface area contributed by atoms with E-state index in [4.69, 9.17) is 13.9 Å². The molecule has 0 saturated heterocycles. The first kappa shape index (κ1) is 21.3. The third-order valence-electron chi connectivity index (χ3n) is 5.75. The van der Waals surface area contributed by atoms with Crippen molar-refractivity contribution < 1.29 is 28.6 Å². The average Bonchev–Trinajstić information content (AvgIpc) is 3.43. The predicted octanol–water partition coefficient (Wildman–Crippen LogP) is 4.63. The lowest BCUT2D eigenvalue weighted by molar-refractivity contribution is -0.117. The molecule has 0 radical (unpaired) electrons. The second-order valence-corrected chi connectivity index (χ2v) is 7.62. The van der Waals surface area contributed by atoms with E-state index < -0.39 is 23.5 Å². The summed E-state index contributed by atoms with van der Waals surface area (Å²) in [6, 6.07) is 16.2. The lowest BCUT2D eigenvalue weighted by Crippen LogP contribution is -2.31. The summed E-state index contributed by atoms with van der Waals surface area (Å²) in [5.74, 6) is -1.14. The zero-order chi connectivity index (χ0) is 23.8. The fourth-order valence-electron chi connectivity index (χ4n) is 4.21. The Hall–Kier alpha value is -4.59. The number of anilines is 1. The Morgan fingerprint density at radius 3 is 2.53 bits per heavy atom. The van der Waals surface area contributed by atoms with Crippen LogP contribution in [0, 0.1) is 0 Å². The minimum atomic E-state index is -0.944. The molecule has 170 valence electrons. The number of furan rings is 1. The van der Waals surface area contributed by atoms with Gasteiger partial charge in [-0.25, -0.2) is 0 Å². The number of amides is 1. The van der Waals surface area contributed by atoms with E-state index in [0.717, 1.165) is 0 Å². The monoisotopic (exact) mass is 456 g/mol. The van der Waals surface area contributed by atoms with Crippen LogP contribution in [0.5, 0.6) is 11.5 Å². The first-order valence-corrected chi connectivity index (χ1v) is 10.5. The molecule has 0 fully saturated rings. The Labute approximate surface area is 194 Å². The molecule has 4 aromatic rings. The third kappa shape index (κ3) is 3.27. The standard InChI is InChI=1S/C26H20N2O6/c1-32-18-10-4-3-9-17(18)28-22(16-8-6-12-27-14-16)21(24(30)26(28)31)23(29)20-13-15-7-5-11-19(33-2)25(15)34-20/h3-14,22,30H,1-2H3. The van der Waals surface area contributed by atoms with Gasteiger partial charge in [0.1, 0.15) is 5.75 Å². The summed E-state index contributed by atoms with van der Waals surface area (Å²) in [5, 5.41) is 11.6. The van der Waals surface area contributed by atoms with E-state index >= 15 is 0 Å². The second kappa shape index (κ2) is 8.40. The molecule has 8 heteroatoms. The zero-order valence-electron chi connectivity index (χ0n) is 18.4. The van der Waals surface area contributed by atoms with Crippen molar-refractivity contribution in [2.75, 3.05) is 19.1 Å². The highest BCUT2D eigenvalue weighted by Gasteiger charge is 2.46. The number of aliphatic hydroxyl groups excluding tert-OH is 1. The van der Waals surface area contributed by atoms with E-state index in [0.29, 0.717) is 33.7 Å². The van der Waals surface area contributed by atoms with Crippen molar-refractivity contribution in [2.45, 2.75) is 6.04 Å². The van der Waals surface area contributed by atoms with Crippen LogP contribution in [0.4, 0.5) is 5.69 Å². The van der Waals surface area contributed by atoms with Crippen molar-refractivity contribution >= 4 is 28.3 Å². The zero-order valence-corrected chi connectivity index (χ0v) is 18.4. The van der Waals surface area contributed by atoms with Crippen LogP contribution in [0.2, 0.25) is 0 Å². The summed E-state index contributed by atoms with van der Waals surface area (Å²) in [4.78, 5) is 32.5. The van der Waals surface area contributed by atoms with Crippen molar-refractivity contribution in [3.05, 3.63) is 95.7 Å². The molecule has 1 aliphatic heterocycles. The van der Waals surface area contributed by atoms with Gasteiger partial charge in [0, 0.05) is 17.8 Å². The fraction of sp³-hybridized carbons (Fsp3) is 0.115. The number of ketones is 1. The highest BCUT2D eigenvalue weighted by molar-refractivity contribution is 6.21. The van der Waals surface area contributed by atoms with Gasteiger partial charge in [-0.3, -0.25) is 19.5 Å².